The fourth-order valence-corrected chi connectivity index (χ4v) is 3.91. The zero-order valence-corrected chi connectivity index (χ0v) is 15.3. The van der Waals surface area contributed by atoms with Gasteiger partial charge in [0.1, 0.15) is 5.78 Å². The minimum Gasteiger partial charge on any atom is -0.392 e. The van der Waals surface area contributed by atoms with E-state index in [1.165, 1.54) is 0 Å². The highest BCUT2D eigenvalue weighted by Gasteiger charge is 2.41. The highest BCUT2D eigenvalue weighted by molar-refractivity contribution is 5.91. The van der Waals surface area contributed by atoms with Gasteiger partial charge in [-0.05, 0) is 22.8 Å². The van der Waals surface area contributed by atoms with E-state index in [4.69, 9.17) is 0 Å². The van der Waals surface area contributed by atoms with Crippen molar-refractivity contribution < 1.29 is 15.0 Å². The van der Waals surface area contributed by atoms with E-state index in [1.54, 1.807) is 6.08 Å². The summed E-state index contributed by atoms with van der Waals surface area (Å²) in [6.07, 6.45) is 6.54. The van der Waals surface area contributed by atoms with E-state index in [2.05, 4.69) is 19.1 Å². The Morgan fingerprint density at radius 1 is 1.15 bits per heavy atom. The molecule has 1 aliphatic rings. The van der Waals surface area contributed by atoms with E-state index in [9.17, 15) is 15.0 Å². The van der Waals surface area contributed by atoms with E-state index >= 15 is 0 Å². The van der Waals surface area contributed by atoms with Crippen LogP contribution in [0.4, 0.5) is 0 Å². The van der Waals surface area contributed by atoms with Crippen LogP contribution in [0, 0.1) is 5.92 Å². The van der Waals surface area contributed by atoms with Crippen molar-refractivity contribution >= 4 is 16.6 Å². The zero-order chi connectivity index (χ0) is 18.5. The third kappa shape index (κ3) is 4.22. The first kappa shape index (κ1) is 18.8. The lowest BCUT2D eigenvalue weighted by molar-refractivity contribution is -0.119. The van der Waals surface area contributed by atoms with Crippen molar-refractivity contribution in [3.8, 4) is 0 Å². The predicted octanol–water partition coefficient (Wildman–Crippen LogP) is 4.37. The molecule has 3 rings (SSSR count). The van der Waals surface area contributed by atoms with Gasteiger partial charge in [0.25, 0.3) is 0 Å². The van der Waals surface area contributed by atoms with Crippen LogP contribution in [0.3, 0.4) is 0 Å². The number of hydrogen-bond acceptors (Lipinski definition) is 3. The normalized spacial score (nSPS) is 24.6. The second kappa shape index (κ2) is 8.61. The van der Waals surface area contributed by atoms with Gasteiger partial charge in [-0.25, -0.2) is 0 Å². The van der Waals surface area contributed by atoms with Gasteiger partial charge in [-0.15, -0.1) is 0 Å². The maximum Gasteiger partial charge on any atom is 0.143 e. The number of aliphatic hydroxyl groups is 2. The molecule has 2 aromatic rings. The lowest BCUT2D eigenvalue weighted by Gasteiger charge is -2.19. The largest absolute Gasteiger partial charge is 0.392 e. The lowest BCUT2D eigenvalue weighted by atomic mass is 9.86. The van der Waals surface area contributed by atoms with Crippen molar-refractivity contribution in [3.63, 3.8) is 0 Å². The first-order valence-corrected chi connectivity index (χ1v) is 9.66. The third-order valence-corrected chi connectivity index (χ3v) is 5.38. The standard InChI is InChI=1S/C23H28O3/c1-2-3-4-9-19(24)12-13-20-21(25)15-22(26)23(20)18-11-10-16-7-5-6-8-17(16)14-18/h5-8,10-14,19-21,23-25H,2-4,9,15H2,1H3/b13-12+/t19-,20-,21+,23-/m0/s1. The molecule has 0 saturated heterocycles. The van der Waals surface area contributed by atoms with Crippen LogP contribution in [0.15, 0.2) is 54.6 Å². The summed E-state index contributed by atoms with van der Waals surface area (Å²) in [7, 11) is 0. The maximum absolute atomic E-state index is 12.5. The molecule has 0 radical (unpaired) electrons. The number of fused-ring (bicyclic) bond motifs is 1. The molecule has 3 nitrogen and oxygen atoms in total. The maximum atomic E-state index is 12.5. The van der Waals surface area contributed by atoms with Crippen molar-refractivity contribution in [2.45, 2.75) is 57.2 Å². The van der Waals surface area contributed by atoms with Crippen LogP contribution < -0.4 is 0 Å². The van der Waals surface area contributed by atoms with Crippen LogP contribution in [-0.4, -0.2) is 28.2 Å². The van der Waals surface area contributed by atoms with Crippen LogP contribution >= 0.6 is 0 Å². The molecular weight excluding hydrogens is 324 g/mol. The summed E-state index contributed by atoms with van der Waals surface area (Å²) in [4.78, 5) is 12.5. The summed E-state index contributed by atoms with van der Waals surface area (Å²) < 4.78 is 0. The Kier molecular flexibility index (Phi) is 6.23. The average Bonchev–Trinajstić information content (AvgIpc) is 2.93. The minimum atomic E-state index is -0.682. The van der Waals surface area contributed by atoms with Crippen LogP contribution in [0.1, 0.15) is 50.5 Å². The third-order valence-electron chi connectivity index (χ3n) is 5.38. The van der Waals surface area contributed by atoms with Gasteiger partial charge < -0.3 is 10.2 Å². The number of aliphatic hydroxyl groups excluding tert-OH is 2. The summed E-state index contributed by atoms with van der Waals surface area (Å²) in [6.45, 7) is 2.14. The summed E-state index contributed by atoms with van der Waals surface area (Å²) in [5, 5.41) is 22.7. The summed E-state index contributed by atoms with van der Waals surface area (Å²) in [6, 6.07) is 14.1. The topological polar surface area (TPSA) is 57.5 Å². The number of benzene rings is 2. The number of carbonyl (C=O) groups is 1. The van der Waals surface area contributed by atoms with Crippen molar-refractivity contribution in [1.82, 2.24) is 0 Å². The summed E-state index contributed by atoms with van der Waals surface area (Å²) >= 11 is 0. The van der Waals surface area contributed by atoms with Gasteiger partial charge in [-0.3, -0.25) is 4.79 Å². The van der Waals surface area contributed by atoms with Crippen molar-refractivity contribution in [1.29, 1.82) is 0 Å². The SMILES string of the molecule is CCCCC[C@H](O)/C=C/[C@H]1[C@H](O)CC(=O)[C@H]1c1ccc2ccccc2c1. The highest BCUT2D eigenvalue weighted by atomic mass is 16.3. The molecule has 1 aliphatic carbocycles. The van der Waals surface area contributed by atoms with Crippen LogP contribution in [-0.2, 0) is 4.79 Å². The number of hydrogen-bond donors (Lipinski definition) is 2. The molecule has 0 bridgehead atoms. The van der Waals surface area contributed by atoms with Crippen molar-refractivity contribution in [3.05, 3.63) is 60.2 Å². The smallest absolute Gasteiger partial charge is 0.143 e. The molecule has 0 spiro atoms. The Morgan fingerprint density at radius 2 is 1.92 bits per heavy atom. The van der Waals surface area contributed by atoms with E-state index in [0.717, 1.165) is 42.0 Å². The molecule has 4 atom stereocenters. The van der Waals surface area contributed by atoms with Crippen LogP contribution in [0.2, 0.25) is 0 Å². The Morgan fingerprint density at radius 3 is 2.69 bits per heavy atom. The number of Topliss-reactive ketones (excluding diaryl/α,β-unsaturated/α-hetero) is 1. The number of rotatable bonds is 7. The van der Waals surface area contributed by atoms with Crippen molar-refractivity contribution in [2.75, 3.05) is 0 Å². The lowest BCUT2D eigenvalue weighted by Crippen LogP contribution is -2.17. The highest BCUT2D eigenvalue weighted by Crippen LogP contribution is 2.39. The summed E-state index contributed by atoms with van der Waals surface area (Å²) in [5.74, 6) is -0.541. The van der Waals surface area contributed by atoms with Gasteiger partial charge in [-0.2, -0.15) is 0 Å². The molecule has 1 fully saturated rings. The van der Waals surface area contributed by atoms with E-state index in [0.29, 0.717) is 0 Å². The van der Waals surface area contributed by atoms with Gasteiger partial charge >= 0.3 is 0 Å². The van der Waals surface area contributed by atoms with Gasteiger partial charge in [0, 0.05) is 12.3 Å². The zero-order valence-electron chi connectivity index (χ0n) is 15.3. The molecule has 0 heterocycles. The molecule has 26 heavy (non-hydrogen) atoms. The van der Waals surface area contributed by atoms with Crippen LogP contribution in [0.5, 0.6) is 0 Å². The second-order valence-corrected chi connectivity index (χ2v) is 7.35. The molecule has 0 amide bonds. The minimum absolute atomic E-state index is 0.0721. The van der Waals surface area contributed by atoms with Gasteiger partial charge in [0.15, 0.2) is 0 Å². The van der Waals surface area contributed by atoms with Crippen LogP contribution in [0.25, 0.3) is 10.8 Å². The van der Waals surface area contributed by atoms with E-state index in [-0.39, 0.29) is 24.0 Å². The number of unbranched alkanes of at least 4 members (excludes halogenated alkanes) is 2. The molecule has 3 heteroatoms. The van der Waals surface area contributed by atoms with E-state index in [1.807, 2.05) is 36.4 Å². The monoisotopic (exact) mass is 352 g/mol. The van der Waals surface area contributed by atoms with E-state index < -0.39 is 12.2 Å². The molecule has 1 saturated carbocycles. The fourth-order valence-electron chi connectivity index (χ4n) is 3.91. The van der Waals surface area contributed by atoms with Gasteiger partial charge in [-0.1, -0.05) is 80.8 Å². The predicted molar refractivity (Wildman–Crippen MR) is 105 cm³/mol. The molecule has 2 N–H and O–H groups in total. The van der Waals surface area contributed by atoms with Gasteiger partial charge in [0.05, 0.1) is 18.1 Å². The molecule has 0 aliphatic heterocycles. The van der Waals surface area contributed by atoms with Gasteiger partial charge in [0.2, 0.25) is 0 Å². The first-order chi connectivity index (χ1) is 12.6. The summed E-state index contributed by atoms with van der Waals surface area (Å²) in [5.41, 5.74) is 0.945. The van der Waals surface area contributed by atoms with Crippen molar-refractivity contribution in [2.24, 2.45) is 5.92 Å². The Balaban J connectivity index is 1.80. The molecule has 2 aromatic carbocycles. The Bertz CT molecular complexity index is 780. The number of carbonyl (C=O) groups excluding carboxylic acids is 1. The Hall–Kier alpha value is -1.97. The second-order valence-electron chi connectivity index (χ2n) is 7.35. The average molecular weight is 352 g/mol. The molecule has 0 unspecified atom stereocenters. The first-order valence-electron chi connectivity index (χ1n) is 9.66. The Labute approximate surface area is 155 Å². The molecular formula is C23H28O3. The molecule has 0 aromatic heterocycles. The molecule has 138 valence electrons. The number of ketones is 1. The fraction of sp³-hybridized carbons (Fsp3) is 0.435. The quantitative estimate of drug-likeness (QED) is 0.575.